The average molecular weight is 565 g/mol. The summed E-state index contributed by atoms with van der Waals surface area (Å²) in [5, 5.41) is 0. The second-order valence-corrected chi connectivity index (χ2v) is 7.62. The molecule has 0 aromatic heterocycles. The van der Waals surface area contributed by atoms with Crippen LogP contribution in [-0.4, -0.2) is 0 Å². The van der Waals surface area contributed by atoms with Crippen molar-refractivity contribution in [3.8, 4) is 11.5 Å². The van der Waals surface area contributed by atoms with Crippen LogP contribution in [0, 0.1) is 0 Å². The van der Waals surface area contributed by atoms with Crippen LogP contribution < -0.4 is 4.74 Å². The number of benzene rings is 2. The quantitative estimate of drug-likeness (QED) is 0.348. The summed E-state index contributed by atoms with van der Waals surface area (Å²) in [6.45, 7) is 0. The Hall–Kier alpha value is 0.640. The standard InChI is InChI=1S/C12H5Br5O/c13-6-2-1-3-7(14)12(6)18-11-5-9(16)8(15)4-10(11)17/h1-5H. The highest BCUT2D eigenvalue weighted by Gasteiger charge is 2.11. The Balaban J connectivity index is 2.43. The van der Waals surface area contributed by atoms with Gasteiger partial charge >= 0.3 is 0 Å². The molecular formula is C12H5Br5O. The molecule has 94 valence electrons. The second kappa shape index (κ2) is 6.39. The van der Waals surface area contributed by atoms with Gasteiger partial charge in [-0.25, -0.2) is 0 Å². The van der Waals surface area contributed by atoms with Crippen molar-refractivity contribution in [1.82, 2.24) is 0 Å². The van der Waals surface area contributed by atoms with Gasteiger partial charge in [0.1, 0.15) is 5.75 Å². The number of hydrogen-bond donors (Lipinski definition) is 0. The predicted octanol–water partition coefficient (Wildman–Crippen LogP) is 7.29. The molecule has 0 amide bonds. The molecule has 1 nitrogen and oxygen atoms in total. The van der Waals surface area contributed by atoms with E-state index in [-0.39, 0.29) is 0 Å². The van der Waals surface area contributed by atoms with Crippen LogP contribution in [0.15, 0.2) is 52.7 Å². The second-order valence-electron chi connectivity index (χ2n) is 3.35. The first-order valence-electron chi connectivity index (χ1n) is 4.75. The zero-order chi connectivity index (χ0) is 13.3. The van der Waals surface area contributed by atoms with E-state index in [2.05, 4.69) is 79.6 Å². The van der Waals surface area contributed by atoms with E-state index in [1.165, 1.54) is 0 Å². The van der Waals surface area contributed by atoms with Gasteiger partial charge in [-0.3, -0.25) is 0 Å². The molecular weight excluding hydrogens is 560 g/mol. The Kier molecular flexibility index (Phi) is 5.34. The first kappa shape index (κ1) is 15.0. The van der Waals surface area contributed by atoms with Gasteiger partial charge < -0.3 is 4.74 Å². The van der Waals surface area contributed by atoms with Crippen LogP contribution in [0.5, 0.6) is 11.5 Å². The largest absolute Gasteiger partial charge is 0.454 e. The smallest absolute Gasteiger partial charge is 0.155 e. The normalized spacial score (nSPS) is 10.5. The van der Waals surface area contributed by atoms with E-state index in [0.29, 0.717) is 0 Å². The molecule has 2 aromatic carbocycles. The van der Waals surface area contributed by atoms with Gasteiger partial charge in [0.25, 0.3) is 0 Å². The maximum absolute atomic E-state index is 5.92. The summed E-state index contributed by atoms with van der Waals surface area (Å²) >= 11 is 17.3. The summed E-state index contributed by atoms with van der Waals surface area (Å²) in [5.41, 5.74) is 0. The molecule has 0 heterocycles. The predicted molar refractivity (Wildman–Crippen MR) is 91.5 cm³/mol. The minimum Gasteiger partial charge on any atom is -0.454 e. The minimum atomic E-state index is 0.734. The van der Waals surface area contributed by atoms with Crippen molar-refractivity contribution in [2.75, 3.05) is 0 Å². The molecule has 0 fully saturated rings. The number of rotatable bonds is 2. The molecule has 0 aliphatic heterocycles. The average Bonchev–Trinajstić information content (AvgIpc) is 2.30. The molecule has 0 aliphatic rings. The first-order valence-corrected chi connectivity index (χ1v) is 8.72. The maximum Gasteiger partial charge on any atom is 0.155 e. The summed E-state index contributed by atoms with van der Waals surface area (Å²) in [6.07, 6.45) is 0. The van der Waals surface area contributed by atoms with E-state index < -0.39 is 0 Å². The molecule has 0 saturated heterocycles. The van der Waals surface area contributed by atoms with Crippen LogP contribution in [-0.2, 0) is 0 Å². The summed E-state index contributed by atoms with van der Waals surface area (Å²) in [4.78, 5) is 0. The van der Waals surface area contributed by atoms with Crippen molar-refractivity contribution < 1.29 is 4.74 Å². The fourth-order valence-electron chi connectivity index (χ4n) is 1.27. The lowest BCUT2D eigenvalue weighted by Gasteiger charge is -2.12. The monoisotopic (exact) mass is 560 g/mol. The molecule has 6 heteroatoms. The van der Waals surface area contributed by atoms with Gasteiger partial charge in [0.2, 0.25) is 0 Å². The molecule has 0 N–H and O–H groups in total. The Morgan fingerprint density at radius 3 is 1.83 bits per heavy atom. The number of hydrogen-bond acceptors (Lipinski definition) is 1. The lowest BCUT2D eigenvalue weighted by atomic mass is 10.3. The Morgan fingerprint density at radius 2 is 1.22 bits per heavy atom. The Morgan fingerprint density at radius 1 is 0.667 bits per heavy atom. The highest BCUT2D eigenvalue weighted by molar-refractivity contribution is 9.13. The molecule has 0 aliphatic carbocycles. The van der Waals surface area contributed by atoms with E-state index in [0.717, 1.165) is 33.9 Å². The van der Waals surface area contributed by atoms with Gasteiger partial charge in [-0.05, 0) is 104 Å². The van der Waals surface area contributed by atoms with Crippen LogP contribution >= 0.6 is 79.6 Å². The fraction of sp³-hybridized carbons (Fsp3) is 0. The van der Waals surface area contributed by atoms with E-state index in [9.17, 15) is 0 Å². The maximum atomic E-state index is 5.92. The van der Waals surface area contributed by atoms with Crippen molar-refractivity contribution >= 4 is 79.6 Å². The molecule has 0 unspecified atom stereocenters. The van der Waals surface area contributed by atoms with Gasteiger partial charge in [-0.2, -0.15) is 0 Å². The van der Waals surface area contributed by atoms with E-state index in [1.807, 2.05) is 30.3 Å². The number of ether oxygens (including phenoxy) is 1. The Bertz CT molecular complexity index is 577. The third-order valence-electron chi connectivity index (χ3n) is 2.11. The zero-order valence-electron chi connectivity index (χ0n) is 8.68. The van der Waals surface area contributed by atoms with Crippen molar-refractivity contribution in [3.63, 3.8) is 0 Å². The van der Waals surface area contributed by atoms with Crippen LogP contribution in [0.3, 0.4) is 0 Å². The molecule has 0 radical (unpaired) electrons. The Labute approximate surface area is 147 Å². The van der Waals surface area contributed by atoms with Crippen molar-refractivity contribution in [2.45, 2.75) is 0 Å². The number of halogens is 5. The molecule has 2 aromatic rings. The van der Waals surface area contributed by atoms with Crippen molar-refractivity contribution in [1.29, 1.82) is 0 Å². The third kappa shape index (κ3) is 3.39. The molecule has 2 rings (SSSR count). The minimum absolute atomic E-state index is 0.734. The van der Waals surface area contributed by atoms with Crippen LogP contribution in [0.4, 0.5) is 0 Å². The van der Waals surface area contributed by atoms with Gasteiger partial charge in [0, 0.05) is 8.95 Å². The van der Waals surface area contributed by atoms with Gasteiger partial charge in [-0.1, -0.05) is 6.07 Å². The van der Waals surface area contributed by atoms with Crippen LogP contribution in [0.2, 0.25) is 0 Å². The molecule has 0 saturated carbocycles. The molecule has 18 heavy (non-hydrogen) atoms. The molecule has 0 atom stereocenters. The summed E-state index contributed by atoms with van der Waals surface area (Å²) in [7, 11) is 0. The topological polar surface area (TPSA) is 9.23 Å². The van der Waals surface area contributed by atoms with E-state index >= 15 is 0 Å². The zero-order valence-corrected chi connectivity index (χ0v) is 16.6. The first-order chi connectivity index (χ1) is 8.49. The van der Waals surface area contributed by atoms with Gasteiger partial charge in [0.15, 0.2) is 5.75 Å². The van der Waals surface area contributed by atoms with Crippen LogP contribution in [0.1, 0.15) is 0 Å². The highest BCUT2D eigenvalue weighted by atomic mass is 79.9. The van der Waals surface area contributed by atoms with Crippen molar-refractivity contribution in [3.05, 3.63) is 52.7 Å². The lowest BCUT2D eigenvalue weighted by Crippen LogP contribution is -1.88. The van der Waals surface area contributed by atoms with Gasteiger partial charge in [0.05, 0.1) is 13.4 Å². The fourth-order valence-corrected chi connectivity index (χ4v) is 3.83. The van der Waals surface area contributed by atoms with E-state index in [4.69, 9.17) is 4.74 Å². The highest BCUT2D eigenvalue weighted by Crippen LogP contribution is 2.41. The van der Waals surface area contributed by atoms with Gasteiger partial charge in [-0.15, -0.1) is 0 Å². The lowest BCUT2D eigenvalue weighted by molar-refractivity contribution is 0.473. The summed E-state index contributed by atoms with van der Waals surface area (Å²) in [6, 6.07) is 9.64. The summed E-state index contributed by atoms with van der Waals surface area (Å²) < 4.78 is 10.5. The molecule has 0 bridgehead atoms. The van der Waals surface area contributed by atoms with E-state index in [1.54, 1.807) is 0 Å². The SMILES string of the molecule is Brc1cc(Br)c(Oc2c(Br)cccc2Br)cc1Br. The summed E-state index contributed by atoms with van der Waals surface area (Å²) in [5.74, 6) is 1.48. The van der Waals surface area contributed by atoms with Crippen molar-refractivity contribution in [2.24, 2.45) is 0 Å². The molecule has 0 spiro atoms. The number of para-hydroxylation sites is 1. The third-order valence-corrected chi connectivity index (χ3v) is 5.82. The van der Waals surface area contributed by atoms with Crippen LogP contribution in [0.25, 0.3) is 0 Å².